The van der Waals surface area contributed by atoms with Gasteiger partial charge in [0.15, 0.2) is 0 Å². The molecule has 3 heteroatoms. The second-order valence-corrected chi connectivity index (χ2v) is 4.64. The van der Waals surface area contributed by atoms with Gasteiger partial charge in [0.1, 0.15) is 0 Å². The van der Waals surface area contributed by atoms with Crippen molar-refractivity contribution in [2.45, 2.75) is 44.4 Å². The summed E-state index contributed by atoms with van der Waals surface area (Å²) in [7, 11) is 2.23. The number of rotatable bonds is 5. The molecule has 1 heterocycles. The minimum atomic E-state index is 0.404. The van der Waals surface area contributed by atoms with Gasteiger partial charge >= 0.3 is 0 Å². The van der Waals surface area contributed by atoms with E-state index in [-0.39, 0.29) is 0 Å². The Morgan fingerprint density at radius 3 is 2.71 bits per heavy atom. The van der Waals surface area contributed by atoms with Crippen molar-refractivity contribution in [3.05, 3.63) is 0 Å². The largest absolute Gasteiger partial charge is 0.377 e. The number of hydrogen-bond acceptors (Lipinski definition) is 3. The summed E-state index contributed by atoms with van der Waals surface area (Å²) in [6, 6.07) is 1.47. The zero-order valence-corrected chi connectivity index (χ0v) is 9.33. The van der Waals surface area contributed by atoms with Crippen molar-refractivity contribution in [3.63, 3.8) is 0 Å². The Kier molecular flexibility index (Phi) is 3.42. The van der Waals surface area contributed by atoms with Crippen molar-refractivity contribution in [1.82, 2.24) is 10.2 Å². The first-order valence-electron chi connectivity index (χ1n) is 5.82. The van der Waals surface area contributed by atoms with Gasteiger partial charge in [-0.2, -0.15) is 0 Å². The molecule has 2 rings (SSSR count). The van der Waals surface area contributed by atoms with Gasteiger partial charge in [0, 0.05) is 31.8 Å². The molecule has 0 amide bonds. The van der Waals surface area contributed by atoms with Crippen molar-refractivity contribution < 1.29 is 4.74 Å². The molecular weight excluding hydrogens is 176 g/mol. The van der Waals surface area contributed by atoms with E-state index < -0.39 is 0 Å². The fraction of sp³-hybridized carbons (Fsp3) is 1.00. The van der Waals surface area contributed by atoms with Crippen LogP contribution in [-0.2, 0) is 4.74 Å². The van der Waals surface area contributed by atoms with E-state index in [0.29, 0.717) is 12.1 Å². The Bertz CT molecular complexity index is 182. The molecule has 1 aliphatic carbocycles. The second kappa shape index (κ2) is 4.60. The third-order valence-corrected chi connectivity index (χ3v) is 3.42. The number of nitrogens with zero attached hydrogens (tertiary/aromatic N) is 1. The van der Waals surface area contributed by atoms with Gasteiger partial charge < -0.3 is 15.0 Å². The van der Waals surface area contributed by atoms with Crippen LogP contribution < -0.4 is 5.32 Å². The normalized spacial score (nSPS) is 32.8. The highest BCUT2D eigenvalue weighted by molar-refractivity contribution is 4.84. The molecular formula is C11H22N2O. The summed E-state index contributed by atoms with van der Waals surface area (Å²) >= 11 is 0. The maximum atomic E-state index is 5.51. The molecule has 2 fully saturated rings. The Morgan fingerprint density at radius 1 is 1.36 bits per heavy atom. The molecule has 2 unspecified atom stereocenters. The average molecular weight is 198 g/mol. The highest BCUT2D eigenvalue weighted by Crippen LogP contribution is 2.24. The molecule has 0 aromatic carbocycles. The lowest BCUT2D eigenvalue weighted by Gasteiger charge is -2.20. The van der Waals surface area contributed by atoms with Crippen LogP contribution in [0.3, 0.4) is 0 Å². The SMILES string of the molecule is CC1OCCC1NCCN(C)C1CC1. The predicted octanol–water partition coefficient (Wildman–Crippen LogP) is 0.848. The van der Waals surface area contributed by atoms with Crippen LogP contribution in [0, 0.1) is 0 Å². The van der Waals surface area contributed by atoms with Gasteiger partial charge in [0.05, 0.1) is 6.10 Å². The summed E-state index contributed by atoms with van der Waals surface area (Å²) in [6.45, 7) is 5.37. The molecule has 0 radical (unpaired) electrons. The minimum absolute atomic E-state index is 0.404. The third-order valence-electron chi connectivity index (χ3n) is 3.42. The lowest BCUT2D eigenvalue weighted by atomic mass is 10.1. The number of ether oxygens (including phenoxy) is 1. The van der Waals surface area contributed by atoms with E-state index in [4.69, 9.17) is 4.74 Å². The molecule has 1 saturated heterocycles. The van der Waals surface area contributed by atoms with Crippen molar-refractivity contribution >= 4 is 0 Å². The van der Waals surface area contributed by atoms with Crippen LogP contribution in [0.25, 0.3) is 0 Å². The fourth-order valence-corrected chi connectivity index (χ4v) is 2.12. The Hall–Kier alpha value is -0.120. The van der Waals surface area contributed by atoms with E-state index in [0.717, 1.165) is 19.2 Å². The number of likely N-dealkylation sites (N-methyl/N-ethyl adjacent to an activating group) is 1. The molecule has 0 aromatic heterocycles. The lowest BCUT2D eigenvalue weighted by molar-refractivity contribution is 0.112. The van der Waals surface area contributed by atoms with Crippen LogP contribution in [0.15, 0.2) is 0 Å². The van der Waals surface area contributed by atoms with E-state index in [9.17, 15) is 0 Å². The summed E-state index contributed by atoms with van der Waals surface area (Å²) < 4.78 is 5.51. The molecule has 0 spiro atoms. The molecule has 0 bridgehead atoms. The Morgan fingerprint density at radius 2 is 2.14 bits per heavy atom. The molecule has 82 valence electrons. The Labute approximate surface area is 86.8 Å². The highest BCUT2D eigenvalue weighted by Gasteiger charge is 2.26. The van der Waals surface area contributed by atoms with Crippen LogP contribution in [0.4, 0.5) is 0 Å². The first-order chi connectivity index (χ1) is 6.77. The van der Waals surface area contributed by atoms with Gasteiger partial charge in [-0.1, -0.05) is 0 Å². The number of nitrogens with one attached hydrogen (secondary N) is 1. The molecule has 14 heavy (non-hydrogen) atoms. The van der Waals surface area contributed by atoms with E-state index in [1.54, 1.807) is 0 Å². The summed E-state index contributed by atoms with van der Waals surface area (Å²) in [4.78, 5) is 2.47. The van der Waals surface area contributed by atoms with Crippen LogP contribution in [0.5, 0.6) is 0 Å². The monoisotopic (exact) mass is 198 g/mol. The summed E-state index contributed by atoms with van der Waals surface area (Å²) in [5.41, 5.74) is 0. The minimum Gasteiger partial charge on any atom is -0.377 e. The summed E-state index contributed by atoms with van der Waals surface area (Å²) in [6.07, 6.45) is 4.38. The average Bonchev–Trinajstić information content (AvgIpc) is 2.93. The highest BCUT2D eigenvalue weighted by atomic mass is 16.5. The first kappa shape index (κ1) is 10.4. The predicted molar refractivity (Wildman–Crippen MR) is 57.5 cm³/mol. The molecule has 0 aromatic rings. The van der Waals surface area contributed by atoms with Crippen LogP contribution in [0.1, 0.15) is 26.2 Å². The standard InChI is InChI=1S/C11H22N2O/c1-9-11(5-8-14-9)12-6-7-13(2)10-3-4-10/h9-12H,3-8H2,1-2H3. The molecule has 1 aliphatic heterocycles. The summed E-state index contributed by atoms with van der Waals surface area (Å²) in [5, 5.41) is 3.58. The zero-order chi connectivity index (χ0) is 9.97. The Balaban J connectivity index is 1.57. The topological polar surface area (TPSA) is 24.5 Å². The van der Waals surface area contributed by atoms with Gasteiger partial charge in [-0.05, 0) is 33.2 Å². The maximum absolute atomic E-state index is 5.51. The third kappa shape index (κ3) is 2.69. The molecule has 1 N–H and O–H groups in total. The molecule has 2 atom stereocenters. The second-order valence-electron chi connectivity index (χ2n) is 4.64. The van der Waals surface area contributed by atoms with Crippen molar-refractivity contribution in [2.75, 3.05) is 26.7 Å². The van der Waals surface area contributed by atoms with Gasteiger partial charge in [0.2, 0.25) is 0 Å². The van der Waals surface area contributed by atoms with E-state index in [2.05, 4.69) is 24.2 Å². The maximum Gasteiger partial charge on any atom is 0.0700 e. The fourth-order valence-electron chi connectivity index (χ4n) is 2.12. The van der Waals surface area contributed by atoms with Crippen molar-refractivity contribution in [2.24, 2.45) is 0 Å². The van der Waals surface area contributed by atoms with Gasteiger partial charge in [-0.15, -0.1) is 0 Å². The van der Waals surface area contributed by atoms with E-state index >= 15 is 0 Å². The van der Waals surface area contributed by atoms with E-state index in [1.807, 2.05) is 0 Å². The smallest absolute Gasteiger partial charge is 0.0700 e. The van der Waals surface area contributed by atoms with E-state index in [1.165, 1.54) is 25.8 Å². The summed E-state index contributed by atoms with van der Waals surface area (Å²) in [5.74, 6) is 0. The molecule has 3 nitrogen and oxygen atoms in total. The van der Waals surface area contributed by atoms with Crippen molar-refractivity contribution in [3.8, 4) is 0 Å². The lowest BCUT2D eigenvalue weighted by Crippen LogP contribution is -2.39. The number of hydrogen-bond donors (Lipinski definition) is 1. The van der Waals surface area contributed by atoms with Crippen molar-refractivity contribution in [1.29, 1.82) is 0 Å². The van der Waals surface area contributed by atoms with Gasteiger partial charge in [-0.25, -0.2) is 0 Å². The quantitative estimate of drug-likeness (QED) is 0.709. The van der Waals surface area contributed by atoms with Crippen LogP contribution >= 0.6 is 0 Å². The zero-order valence-electron chi connectivity index (χ0n) is 9.33. The van der Waals surface area contributed by atoms with Crippen LogP contribution in [-0.4, -0.2) is 49.8 Å². The first-order valence-corrected chi connectivity index (χ1v) is 5.82. The van der Waals surface area contributed by atoms with Crippen LogP contribution in [0.2, 0.25) is 0 Å². The van der Waals surface area contributed by atoms with Gasteiger partial charge in [0.25, 0.3) is 0 Å². The molecule has 2 aliphatic rings. The van der Waals surface area contributed by atoms with Gasteiger partial charge in [-0.3, -0.25) is 0 Å². The molecule has 1 saturated carbocycles.